The normalized spacial score (nSPS) is 18.3. The zero-order valence-electron chi connectivity index (χ0n) is 15.7. The number of nitrogens with zero attached hydrogens (tertiary/aromatic N) is 2. The van der Waals surface area contributed by atoms with Crippen LogP contribution in [0, 0.1) is 16.0 Å². The summed E-state index contributed by atoms with van der Waals surface area (Å²) in [5, 5.41) is 11.1. The molecule has 0 aromatic heterocycles. The number of nitro groups is 1. The summed E-state index contributed by atoms with van der Waals surface area (Å²) in [6, 6.07) is 10.3. The van der Waals surface area contributed by atoms with Gasteiger partial charge in [0.1, 0.15) is 0 Å². The molecule has 1 fully saturated rings. The summed E-state index contributed by atoms with van der Waals surface area (Å²) in [4.78, 5) is 9.92. The average molecular weight is 440 g/mol. The molecule has 0 bridgehead atoms. The van der Waals surface area contributed by atoms with Gasteiger partial charge < -0.3 is 0 Å². The van der Waals surface area contributed by atoms with Crippen LogP contribution in [-0.4, -0.2) is 39.2 Å². The highest BCUT2D eigenvalue weighted by molar-refractivity contribution is 7.93. The van der Waals surface area contributed by atoms with Crippen molar-refractivity contribution in [3.63, 3.8) is 0 Å². The van der Waals surface area contributed by atoms with Crippen molar-refractivity contribution in [2.45, 2.75) is 29.6 Å². The third-order valence-corrected chi connectivity index (χ3v) is 8.02. The standard InChI is InChI=1S/C18H21N3O6S2/c1-14-5-4-12-20(13-14)29(26,27)16-10-8-15(9-11-16)19-28(24,25)18-7-3-2-6-17(18)21(22)23/h2-3,6-11,14,19H,4-5,12-13H2,1H3. The molecule has 2 aromatic carbocycles. The number of nitro benzene ring substituents is 1. The fraction of sp³-hybridized carbons (Fsp3) is 0.333. The van der Waals surface area contributed by atoms with Crippen molar-refractivity contribution >= 4 is 31.4 Å². The van der Waals surface area contributed by atoms with Crippen LogP contribution >= 0.6 is 0 Å². The summed E-state index contributed by atoms with van der Waals surface area (Å²) in [5.41, 5.74) is -0.437. The number of nitrogens with one attached hydrogen (secondary N) is 1. The van der Waals surface area contributed by atoms with E-state index < -0.39 is 35.6 Å². The minimum Gasteiger partial charge on any atom is -0.279 e. The van der Waals surface area contributed by atoms with Crippen LogP contribution < -0.4 is 4.72 Å². The maximum atomic E-state index is 12.8. The van der Waals surface area contributed by atoms with Gasteiger partial charge in [-0.25, -0.2) is 16.8 Å². The zero-order chi connectivity index (χ0) is 21.2. The van der Waals surface area contributed by atoms with E-state index in [1.807, 2.05) is 6.92 Å². The number of anilines is 1. The number of piperidine rings is 1. The smallest absolute Gasteiger partial charge is 0.279 e. The molecule has 0 aliphatic carbocycles. The molecule has 2 aromatic rings. The first-order chi connectivity index (χ1) is 13.6. The first-order valence-corrected chi connectivity index (χ1v) is 11.9. The molecule has 0 saturated carbocycles. The Bertz CT molecular complexity index is 1110. The number of hydrogen-bond acceptors (Lipinski definition) is 6. The second kappa shape index (κ2) is 8.09. The van der Waals surface area contributed by atoms with Crippen LogP contribution in [0.25, 0.3) is 0 Å². The molecule has 29 heavy (non-hydrogen) atoms. The van der Waals surface area contributed by atoms with E-state index in [-0.39, 0.29) is 16.5 Å². The average Bonchev–Trinajstić information content (AvgIpc) is 2.68. The summed E-state index contributed by atoms with van der Waals surface area (Å²) < 4.78 is 54.4. The summed E-state index contributed by atoms with van der Waals surface area (Å²) in [5.74, 6) is 0.284. The fourth-order valence-corrected chi connectivity index (χ4v) is 6.08. The van der Waals surface area contributed by atoms with Crippen molar-refractivity contribution in [2.24, 2.45) is 5.92 Å². The van der Waals surface area contributed by atoms with Gasteiger partial charge in [0.2, 0.25) is 10.0 Å². The molecule has 11 heteroatoms. The lowest BCUT2D eigenvalue weighted by Crippen LogP contribution is -2.39. The van der Waals surface area contributed by atoms with Gasteiger partial charge in [-0.05, 0) is 49.1 Å². The first kappa shape index (κ1) is 21.2. The summed E-state index contributed by atoms with van der Waals surface area (Å²) in [7, 11) is -7.88. The van der Waals surface area contributed by atoms with Crippen LogP contribution in [0.4, 0.5) is 11.4 Å². The second-order valence-electron chi connectivity index (χ2n) is 6.97. The Hall–Kier alpha value is -2.50. The van der Waals surface area contributed by atoms with Gasteiger partial charge in [0.05, 0.1) is 9.82 Å². The van der Waals surface area contributed by atoms with E-state index in [9.17, 15) is 26.9 Å². The van der Waals surface area contributed by atoms with Gasteiger partial charge >= 0.3 is 0 Å². The van der Waals surface area contributed by atoms with Crippen LogP contribution in [0.2, 0.25) is 0 Å². The Balaban J connectivity index is 1.83. The Morgan fingerprint density at radius 2 is 1.72 bits per heavy atom. The Morgan fingerprint density at radius 3 is 2.34 bits per heavy atom. The predicted octanol–water partition coefficient (Wildman–Crippen LogP) is 2.82. The van der Waals surface area contributed by atoms with Crippen molar-refractivity contribution < 1.29 is 21.8 Å². The summed E-state index contributed by atoms with van der Waals surface area (Å²) in [6.07, 6.45) is 1.78. The van der Waals surface area contributed by atoms with Crippen molar-refractivity contribution in [3.8, 4) is 0 Å². The molecular weight excluding hydrogens is 418 g/mol. The molecule has 0 spiro atoms. The van der Waals surface area contributed by atoms with Crippen LogP contribution in [0.15, 0.2) is 58.3 Å². The van der Waals surface area contributed by atoms with Crippen molar-refractivity contribution in [2.75, 3.05) is 17.8 Å². The number of para-hydroxylation sites is 1. The Labute approximate surface area is 169 Å². The zero-order valence-corrected chi connectivity index (χ0v) is 17.3. The third-order valence-electron chi connectivity index (χ3n) is 4.72. The molecule has 1 aliphatic rings. The lowest BCUT2D eigenvalue weighted by Gasteiger charge is -2.30. The van der Waals surface area contributed by atoms with E-state index in [0.29, 0.717) is 13.1 Å². The van der Waals surface area contributed by atoms with Gasteiger partial charge in [-0.1, -0.05) is 19.1 Å². The van der Waals surface area contributed by atoms with Gasteiger partial charge in [0.15, 0.2) is 4.90 Å². The topological polar surface area (TPSA) is 127 Å². The van der Waals surface area contributed by atoms with E-state index in [1.54, 1.807) is 0 Å². The predicted molar refractivity (Wildman–Crippen MR) is 108 cm³/mol. The molecule has 3 rings (SSSR count). The van der Waals surface area contributed by atoms with Crippen molar-refractivity contribution in [1.82, 2.24) is 4.31 Å². The molecule has 0 amide bonds. The van der Waals surface area contributed by atoms with E-state index in [4.69, 9.17) is 0 Å². The highest BCUT2D eigenvalue weighted by Crippen LogP contribution is 2.27. The highest BCUT2D eigenvalue weighted by Gasteiger charge is 2.29. The van der Waals surface area contributed by atoms with E-state index in [1.165, 1.54) is 40.7 Å². The molecule has 156 valence electrons. The van der Waals surface area contributed by atoms with E-state index in [0.717, 1.165) is 25.0 Å². The molecule has 0 radical (unpaired) electrons. The maximum Gasteiger partial charge on any atom is 0.289 e. The quantitative estimate of drug-likeness (QED) is 0.545. The largest absolute Gasteiger partial charge is 0.289 e. The number of benzene rings is 2. The SMILES string of the molecule is CC1CCCN(S(=O)(=O)c2ccc(NS(=O)(=O)c3ccccc3[N+](=O)[O-])cc2)C1. The number of hydrogen-bond donors (Lipinski definition) is 1. The molecule has 1 atom stereocenters. The Morgan fingerprint density at radius 1 is 1.07 bits per heavy atom. The minimum absolute atomic E-state index is 0.0697. The minimum atomic E-state index is -4.22. The molecule has 1 aliphatic heterocycles. The molecular formula is C18H21N3O6S2. The second-order valence-corrected chi connectivity index (χ2v) is 10.6. The van der Waals surface area contributed by atoms with Gasteiger partial charge in [-0.3, -0.25) is 14.8 Å². The first-order valence-electron chi connectivity index (χ1n) is 8.98. The lowest BCUT2D eigenvalue weighted by molar-refractivity contribution is -0.387. The molecule has 9 nitrogen and oxygen atoms in total. The molecule has 1 heterocycles. The molecule has 1 N–H and O–H groups in total. The highest BCUT2D eigenvalue weighted by atomic mass is 32.2. The number of sulfonamides is 2. The van der Waals surface area contributed by atoms with Gasteiger partial charge in [0.25, 0.3) is 15.7 Å². The third kappa shape index (κ3) is 4.57. The lowest BCUT2D eigenvalue weighted by atomic mass is 10.0. The van der Waals surface area contributed by atoms with Crippen LogP contribution in [-0.2, 0) is 20.0 Å². The van der Waals surface area contributed by atoms with Gasteiger partial charge in [-0.15, -0.1) is 0 Å². The molecule has 1 saturated heterocycles. The summed E-state index contributed by atoms with van der Waals surface area (Å²) in [6.45, 7) is 2.91. The van der Waals surface area contributed by atoms with E-state index in [2.05, 4.69) is 4.72 Å². The fourth-order valence-electron chi connectivity index (χ4n) is 3.25. The van der Waals surface area contributed by atoms with Gasteiger partial charge in [-0.2, -0.15) is 4.31 Å². The maximum absolute atomic E-state index is 12.8. The van der Waals surface area contributed by atoms with E-state index >= 15 is 0 Å². The molecule has 1 unspecified atom stereocenters. The van der Waals surface area contributed by atoms with Crippen molar-refractivity contribution in [1.29, 1.82) is 0 Å². The Kier molecular flexibility index (Phi) is 5.92. The van der Waals surface area contributed by atoms with Gasteiger partial charge in [0, 0.05) is 24.8 Å². The number of rotatable bonds is 6. The monoisotopic (exact) mass is 439 g/mol. The van der Waals surface area contributed by atoms with Crippen LogP contribution in [0.5, 0.6) is 0 Å². The van der Waals surface area contributed by atoms with Crippen LogP contribution in [0.3, 0.4) is 0 Å². The van der Waals surface area contributed by atoms with Crippen molar-refractivity contribution in [3.05, 3.63) is 58.6 Å². The van der Waals surface area contributed by atoms with Crippen LogP contribution in [0.1, 0.15) is 19.8 Å². The summed E-state index contributed by atoms with van der Waals surface area (Å²) >= 11 is 0.